The van der Waals surface area contributed by atoms with E-state index in [2.05, 4.69) is 0 Å². The number of rotatable bonds is 4. The summed E-state index contributed by atoms with van der Waals surface area (Å²) in [5.41, 5.74) is 0.220. The van der Waals surface area contributed by atoms with Crippen molar-refractivity contribution >= 4 is 12.0 Å². The lowest BCUT2D eigenvalue weighted by Crippen LogP contribution is -1.97. The van der Waals surface area contributed by atoms with Crippen LogP contribution in [0.1, 0.15) is 19.4 Å². The van der Waals surface area contributed by atoms with E-state index in [-0.39, 0.29) is 11.3 Å². The Morgan fingerprint density at radius 2 is 1.84 bits per heavy atom. The van der Waals surface area contributed by atoms with Gasteiger partial charge in [-0.25, -0.2) is 4.79 Å². The smallest absolute Gasteiger partial charge is 0.346 e. The summed E-state index contributed by atoms with van der Waals surface area (Å²) >= 11 is 0. The number of aromatic hydroxyl groups is 1. The lowest BCUT2D eigenvalue weighted by Gasteiger charge is -1.94. The van der Waals surface area contributed by atoms with Crippen LogP contribution in [0.4, 0.5) is 0 Å². The molecule has 0 atom stereocenters. The number of phenols is 1. The third-order valence-electron chi connectivity index (χ3n) is 1.96. The van der Waals surface area contributed by atoms with Crippen LogP contribution in [0, 0.1) is 11.3 Å². The molecule has 2 N–H and O–H groups in total. The number of hydrogen-bond donors (Lipinski definition) is 2. The molecule has 0 aliphatic rings. The molecule has 0 saturated carbocycles. The second-order valence-electron chi connectivity index (χ2n) is 3.35. The van der Waals surface area contributed by atoms with Crippen molar-refractivity contribution in [3.05, 3.63) is 35.4 Å². The number of phenolic OH excluding ortho intramolecular Hbond substituents is 1. The quantitative estimate of drug-likeness (QED) is 0.643. The number of benzene rings is 1. The molecule has 0 fully saturated rings. The molecule has 0 aliphatic heterocycles. The van der Waals surface area contributed by atoms with Crippen LogP contribution in [-0.2, 0) is 9.53 Å². The molecular weight excluding hydrogens is 246 g/mol. The fourth-order valence-corrected chi connectivity index (χ4v) is 1.08. The summed E-state index contributed by atoms with van der Waals surface area (Å²) in [6, 6.07) is 7.45. The summed E-state index contributed by atoms with van der Waals surface area (Å²) in [7, 11) is 0. The Balaban J connectivity index is 0.000000555. The molecule has 0 saturated heterocycles. The normalized spacial score (nSPS) is 10.1. The van der Waals surface area contributed by atoms with E-state index in [0.29, 0.717) is 5.56 Å². The molecule has 19 heavy (non-hydrogen) atoms. The van der Waals surface area contributed by atoms with Crippen LogP contribution in [-0.4, -0.2) is 29.4 Å². The third kappa shape index (κ3) is 7.58. The molecule has 102 valence electrons. The largest absolute Gasteiger partial charge is 0.508 e. The number of aliphatic carboxylic acids is 1. The first-order valence-corrected chi connectivity index (χ1v) is 5.77. The third-order valence-corrected chi connectivity index (χ3v) is 1.96. The van der Waals surface area contributed by atoms with Gasteiger partial charge in [0.2, 0.25) is 0 Å². The first-order chi connectivity index (χ1) is 9.04. The number of carboxylic acid groups (broad SMARTS) is 1. The van der Waals surface area contributed by atoms with Gasteiger partial charge in [0.1, 0.15) is 17.4 Å². The number of nitrogens with zero attached hydrogens (tertiary/aromatic N) is 1. The molecule has 1 rings (SSSR count). The zero-order valence-electron chi connectivity index (χ0n) is 11.0. The zero-order chi connectivity index (χ0) is 14.7. The van der Waals surface area contributed by atoms with Crippen molar-refractivity contribution in [2.24, 2.45) is 0 Å². The molecule has 5 nitrogen and oxygen atoms in total. The number of ether oxygens (including phenoxy) is 1. The molecule has 0 radical (unpaired) electrons. The summed E-state index contributed by atoms with van der Waals surface area (Å²) in [4.78, 5) is 10.5. The monoisotopic (exact) mass is 263 g/mol. The van der Waals surface area contributed by atoms with Crippen LogP contribution in [0.2, 0.25) is 0 Å². The van der Waals surface area contributed by atoms with Gasteiger partial charge in [0.05, 0.1) is 0 Å². The standard InChI is InChI=1S/C10H7NO3.C4H10O/c11-6-8(10(13)14)5-7-1-3-9(12)4-2-7;1-3-5-4-2/h1-5,12H,(H,13,14);3-4H2,1-2H3/b8-5-;. The Hall–Kier alpha value is -2.32. The molecule has 0 unspecified atom stereocenters. The summed E-state index contributed by atoms with van der Waals surface area (Å²) in [5.74, 6) is -1.17. The second kappa shape index (κ2) is 9.68. The SMILES string of the molecule is CCOCC.N#C/C(=C/c1ccc(O)cc1)C(=O)O. The van der Waals surface area contributed by atoms with E-state index >= 15 is 0 Å². The van der Waals surface area contributed by atoms with Crippen LogP contribution in [0.5, 0.6) is 5.75 Å². The van der Waals surface area contributed by atoms with Gasteiger partial charge in [0, 0.05) is 13.2 Å². The van der Waals surface area contributed by atoms with E-state index in [9.17, 15) is 4.79 Å². The van der Waals surface area contributed by atoms with Crippen LogP contribution >= 0.6 is 0 Å². The van der Waals surface area contributed by atoms with Gasteiger partial charge in [0.15, 0.2) is 0 Å². The Morgan fingerprint density at radius 3 is 2.16 bits per heavy atom. The van der Waals surface area contributed by atoms with Crippen molar-refractivity contribution in [2.45, 2.75) is 13.8 Å². The fourth-order valence-electron chi connectivity index (χ4n) is 1.08. The molecular formula is C14H17NO4. The zero-order valence-corrected chi connectivity index (χ0v) is 11.0. The van der Waals surface area contributed by atoms with Gasteiger partial charge in [-0.15, -0.1) is 0 Å². The van der Waals surface area contributed by atoms with E-state index in [1.165, 1.54) is 30.3 Å². The van der Waals surface area contributed by atoms with Gasteiger partial charge >= 0.3 is 5.97 Å². The first-order valence-electron chi connectivity index (χ1n) is 5.77. The maximum atomic E-state index is 10.5. The average molecular weight is 263 g/mol. The summed E-state index contributed by atoms with van der Waals surface area (Å²) < 4.78 is 4.83. The van der Waals surface area contributed by atoms with E-state index in [0.717, 1.165) is 13.2 Å². The lowest BCUT2D eigenvalue weighted by molar-refractivity contribution is -0.132. The minimum absolute atomic E-state index is 0.0935. The predicted octanol–water partition coefficient (Wildman–Crippen LogP) is 2.43. The van der Waals surface area contributed by atoms with E-state index in [1.54, 1.807) is 6.07 Å². The second-order valence-corrected chi connectivity index (χ2v) is 3.35. The van der Waals surface area contributed by atoms with E-state index in [4.69, 9.17) is 20.2 Å². The Kier molecular flexibility index (Phi) is 8.50. The number of carboxylic acids is 1. The van der Waals surface area contributed by atoms with Gasteiger partial charge < -0.3 is 14.9 Å². The van der Waals surface area contributed by atoms with Crippen molar-refractivity contribution in [3.63, 3.8) is 0 Å². The molecule has 0 heterocycles. The lowest BCUT2D eigenvalue weighted by atomic mass is 10.1. The number of carbonyl (C=O) groups is 1. The maximum Gasteiger partial charge on any atom is 0.346 e. The van der Waals surface area contributed by atoms with Gasteiger partial charge in [-0.2, -0.15) is 5.26 Å². The van der Waals surface area contributed by atoms with E-state index in [1.807, 2.05) is 13.8 Å². The molecule has 0 aliphatic carbocycles. The molecule has 0 amide bonds. The summed E-state index contributed by atoms with van der Waals surface area (Å²) in [6.45, 7) is 5.67. The topological polar surface area (TPSA) is 90.5 Å². The minimum Gasteiger partial charge on any atom is -0.508 e. The van der Waals surface area contributed by atoms with Crippen molar-refractivity contribution in [3.8, 4) is 11.8 Å². The minimum atomic E-state index is -1.26. The molecule has 1 aromatic carbocycles. The Bertz CT molecular complexity index is 455. The number of nitriles is 1. The van der Waals surface area contributed by atoms with Gasteiger partial charge in [-0.3, -0.25) is 0 Å². The van der Waals surface area contributed by atoms with Crippen LogP contribution < -0.4 is 0 Å². The van der Waals surface area contributed by atoms with E-state index < -0.39 is 5.97 Å². The highest BCUT2D eigenvalue weighted by molar-refractivity contribution is 5.96. The van der Waals surface area contributed by atoms with Gasteiger partial charge in [-0.1, -0.05) is 12.1 Å². The predicted molar refractivity (Wildman–Crippen MR) is 71.5 cm³/mol. The van der Waals surface area contributed by atoms with Crippen molar-refractivity contribution in [1.82, 2.24) is 0 Å². The van der Waals surface area contributed by atoms with Crippen molar-refractivity contribution in [2.75, 3.05) is 13.2 Å². The summed E-state index contributed by atoms with van der Waals surface area (Å²) in [6.07, 6.45) is 1.24. The Labute approximate surface area is 112 Å². The fraction of sp³-hybridized carbons (Fsp3) is 0.286. The van der Waals surface area contributed by atoms with Crippen molar-refractivity contribution in [1.29, 1.82) is 5.26 Å². The van der Waals surface area contributed by atoms with Gasteiger partial charge in [0.25, 0.3) is 0 Å². The highest BCUT2D eigenvalue weighted by atomic mass is 16.5. The molecule has 1 aromatic rings. The van der Waals surface area contributed by atoms with Crippen molar-refractivity contribution < 1.29 is 19.7 Å². The van der Waals surface area contributed by atoms with Crippen LogP contribution in [0.3, 0.4) is 0 Å². The summed E-state index contributed by atoms with van der Waals surface area (Å²) in [5, 5.41) is 26.0. The number of hydrogen-bond acceptors (Lipinski definition) is 4. The molecule has 0 bridgehead atoms. The first kappa shape index (κ1) is 16.7. The molecule has 0 spiro atoms. The highest BCUT2D eigenvalue weighted by Gasteiger charge is 2.04. The van der Waals surface area contributed by atoms with Gasteiger partial charge in [-0.05, 0) is 37.6 Å². The van der Waals surface area contributed by atoms with Crippen LogP contribution in [0.15, 0.2) is 29.8 Å². The van der Waals surface area contributed by atoms with Crippen LogP contribution in [0.25, 0.3) is 6.08 Å². The molecule has 5 heteroatoms. The maximum absolute atomic E-state index is 10.5. The average Bonchev–Trinajstić information content (AvgIpc) is 2.39. The Morgan fingerprint density at radius 1 is 1.32 bits per heavy atom. The molecule has 0 aromatic heterocycles. The highest BCUT2D eigenvalue weighted by Crippen LogP contribution is 2.12.